The van der Waals surface area contributed by atoms with Crippen molar-refractivity contribution in [1.29, 1.82) is 0 Å². The second kappa shape index (κ2) is 4.72. The monoisotopic (exact) mass is 288 g/mol. The Labute approximate surface area is 123 Å². The van der Waals surface area contributed by atoms with E-state index in [0.29, 0.717) is 0 Å². The largest absolute Gasteiger partial charge is 0.481 e. The van der Waals surface area contributed by atoms with E-state index in [0.717, 1.165) is 30.1 Å². The van der Waals surface area contributed by atoms with Crippen molar-refractivity contribution in [3.05, 3.63) is 24.2 Å². The average molecular weight is 288 g/mol. The summed E-state index contributed by atoms with van der Waals surface area (Å²) in [4.78, 5) is 17.3. The van der Waals surface area contributed by atoms with Gasteiger partial charge >= 0.3 is 5.97 Å². The highest BCUT2D eigenvalue weighted by atomic mass is 16.4. The number of nitrogens with zero attached hydrogens (tertiary/aromatic N) is 4. The normalized spacial score (nSPS) is 16.2. The topological polar surface area (TPSA) is 70.7 Å². The fourth-order valence-electron chi connectivity index (χ4n) is 2.64. The Hall–Kier alpha value is -2.11. The molecule has 0 saturated carbocycles. The van der Waals surface area contributed by atoms with Gasteiger partial charge in [-0.3, -0.25) is 4.79 Å². The van der Waals surface area contributed by atoms with Gasteiger partial charge in [-0.15, -0.1) is 0 Å². The summed E-state index contributed by atoms with van der Waals surface area (Å²) in [6.45, 7) is 7.89. The maximum atomic E-state index is 10.7. The highest BCUT2D eigenvalue weighted by molar-refractivity contribution is 5.72. The van der Waals surface area contributed by atoms with Crippen LogP contribution in [0, 0.1) is 5.92 Å². The molecule has 0 amide bonds. The van der Waals surface area contributed by atoms with Crippen LogP contribution in [-0.4, -0.2) is 38.8 Å². The SMILES string of the molecule is CC(C)(C)c1cc2c(N3CC(CC(=O)O)C3)nccn2n1. The summed E-state index contributed by atoms with van der Waals surface area (Å²) < 4.78 is 1.85. The molecule has 0 unspecified atom stereocenters. The zero-order valence-electron chi connectivity index (χ0n) is 12.6. The lowest BCUT2D eigenvalue weighted by Crippen LogP contribution is -2.48. The van der Waals surface area contributed by atoms with Crippen molar-refractivity contribution in [3.8, 4) is 0 Å². The van der Waals surface area contributed by atoms with Crippen molar-refractivity contribution in [2.75, 3.05) is 18.0 Å². The molecule has 1 aliphatic heterocycles. The zero-order chi connectivity index (χ0) is 15.2. The van der Waals surface area contributed by atoms with Gasteiger partial charge < -0.3 is 10.0 Å². The van der Waals surface area contributed by atoms with Gasteiger partial charge in [0.1, 0.15) is 5.52 Å². The second-order valence-electron chi connectivity index (χ2n) is 6.73. The van der Waals surface area contributed by atoms with Crippen LogP contribution in [0.25, 0.3) is 5.52 Å². The van der Waals surface area contributed by atoms with Gasteiger partial charge in [-0.05, 0) is 6.07 Å². The molecule has 1 saturated heterocycles. The molecule has 0 bridgehead atoms. The maximum Gasteiger partial charge on any atom is 0.303 e. The molecule has 0 radical (unpaired) electrons. The van der Waals surface area contributed by atoms with Crippen LogP contribution >= 0.6 is 0 Å². The summed E-state index contributed by atoms with van der Waals surface area (Å²) in [5, 5.41) is 13.4. The van der Waals surface area contributed by atoms with E-state index in [1.165, 1.54) is 0 Å². The number of aromatic nitrogens is 3. The van der Waals surface area contributed by atoms with E-state index in [4.69, 9.17) is 5.11 Å². The van der Waals surface area contributed by atoms with E-state index in [9.17, 15) is 4.79 Å². The Morgan fingerprint density at radius 2 is 2.14 bits per heavy atom. The second-order valence-corrected chi connectivity index (χ2v) is 6.73. The van der Waals surface area contributed by atoms with E-state index in [2.05, 4.69) is 41.8 Å². The van der Waals surface area contributed by atoms with E-state index in [1.54, 1.807) is 6.20 Å². The van der Waals surface area contributed by atoms with Crippen LogP contribution < -0.4 is 4.90 Å². The number of hydrogen-bond acceptors (Lipinski definition) is 4. The van der Waals surface area contributed by atoms with Gasteiger partial charge in [0.2, 0.25) is 0 Å². The van der Waals surface area contributed by atoms with Gasteiger partial charge in [0.05, 0.1) is 12.1 Å². The highest BCUT2D eigenvalue weighted by Gasteiger charge is 2.31. The van der Waals surface area contributed by atoms with E-state index in [1.807, 2.05) is 10.7 Å². The molecule has 3 heterocycles. The smallest absolute Gasteiger partial charge is 0.303 e. The van der Waals surface area contributed by atoms with E-state index in [-0.39, 0.29) is 17.8 Å². The number of carbonyl (C=O) groups is 1. The number of carboxylic acid groups (broad SMARTS) is 1. The molecule has 6 heteroatoms. The third kappa shape index (κ3) is 2.57. The van der Waals surface area contributed by atoms with Crippen LogP contribution in [0.15, 0.2) is 18.5 Å². The van der Waals surface area contributed by atoms with E-state index < -0.39 is 5.97 Å². The third-order valence-electron chi connectivity index (χ3n) is 3.86. The fourth-order valence-corrected chi connectivity index (χ4v) is 2.64. The molecule has 3 rings (SSSR count). The maximum absolute atomic E-state index is 10.7. The molecule has 6 nitrogen and oxygen atoms in total. The van der Waals surface area contributed by atoms with Crippen molar-refractivity contribution in [2.24, 2.45) is 5.92 Å². The molecule has 1 N–H and O–H groups in total. The minimum absolute atomic E-state index is 0.00984. The van der Waals surface area contributed by atoms with Crippen molar-refractivity contribution in [2.45, 2.75) is 32.6 Å². The molecule has 0 atom stereocenters. The molecule has 0 aromatic carbocycles. The van der Waals surface area contributed by atoms with Crippen molar-refractivity contribution in [3.63, 3.8) is 0 Å². The molecule has 2 aromatic heterocycles. The summed E-state index contributed by atoms with van der Waals surface area (Å²) in [6, 6.07) is 2.08. The Kier molecular flexibility index (Phi) is 3.11. The Balaban J connectivity index is 1.87. The number of aliphatic carboxylic acids is 1. The van der Waals surface area contributed by atoms with Gasteiger partial charge in [0.25, 0.3) is 0 Å². The first-order valence-electron chi connectivity index (χ1n) is 7.16. The van der Waals surface area contributed by atoms with Crippen LogP contribution in [0.4, 0.5) is 5.82 Å². The molecule has 0 spiro atoms. The minimum Gasteiger partial charge on any atom is -0.481 e. The van der Waals surface area contributed by atoms with Gasteiger partial charge in [-0.2, -0.15) is 5.10 Å². The average Bonchev–Trinajstić information content (AvgIpc) is 2.76. The summed E-state index contributed by atoms with van der Waals surface area (Å²) in [7, 11) is 0. The first kappa shape index (κ1) is 13.9. The van der Waals surface area contributed by atoms with Crippen LogP contribution in [-0.2, 0) is 10.2 Å². The number of anilines is 1. The van der Waals surface area contributed by atoms with Gasteiger partial charge in [0.15, 0.2) is 5.82 Å². The molecule has 112 valence electrons. The summed E-state index contributed by atoms with van der Waals surface area (Å²) in [6.07, 6.45) is 3.82. The lowest BCUT2D eigenvalue weighted by Gasteiger charge is -2.39. The number of hydrogen-bond donors (Lipinski definition) is 1. The first-order chi connectivity index (χ1) is 9.84. The van der Waals surface area contributed by atoms with Crippen molar-refractivity contribution >= 4 is 17.3 Å². The molecule has 2 aromatic rings. The number of carboxylic acids is 1. The Morgan fingerprint density at radius 1 is 1.43 bits per heavy atom. The zero-order valence-corrected chi connectivity index (χ0v) is 12.6. The summed E-state index contributed by atoms with van der Waals surface area (Å²) in [5.41, 5.74) is 2.00. The van der Waals surface area contributed by atoms with Gasteiger partial charge in [0, 0.05) is 36.8 Å². The molecule has 1 fully saturated rings. The van der Waals surface area contributed by atoms with Crippen molar-refractivity contribution < 1.29 is 9.90 Å². The molecule has 0 aliphatic carbocycles. The highest BCUT2D eigenvalue weighted by Crippen LogP contribution is 2.30. The summed E-state index contributed by atoms with van der Waals surface area (Å²) in [5.74, 6) is 0.377. The van der Waals surface area contributed by atoms with Crippen LogP contribution in [0.3, 0.4) is 0 Å². The predicted octanol–water partition coefficient (Wildman–Crippen LogP) is 1.94. The standard InChI is InChI=1S/C15H20N4O2/c1-15(2,3)12-7-11-14(16-4-5-19(11)17-12)18-8-10(9-18)6-13(20)21/h4-5,7,10H,6,8-9H2,1-3H3,(H,20,21). The van der Waals surface area contributed by atoms with Crippen LogP contribution in [0.2, 0.25) is 0 Å². The summed E-state index contributed by atoms with van der Waals surface area (Å²) >= 11 is 0. The molecule has 21 heavy (non-hydrogen) atoms. The van der Waals surface area contributed by atoms with E-state index >= 15 is 0 Å². The quantitative estimate of drug-likeness (QED) is 0.934. The van der Waals surface area contributed by atoms with Gasteiger partial charge in [-0.25, -0.2) is 9.50 Å². The molecular formula is C15H20N4O2. The minimum atomic E-state index is -0.731. The fraction of sp³-hybridized carbons (Fsp3) is 0.533. The van der Waals surface area contributed by atoms with Crippen LogP contribution in [0.5, 0.6) is 0 Å². The Bertz CT molecular complexity index is 681. The Morgan fingerprint density at radius 3 is 2.76 bits per heavy atom. The number of rotatable bonds is 3. The molecule has 1 aliphatic rings. The van der Waals surface area contributed by atoms with Crippen molar-refractivity contribution in [1.82, 2.24) is 14.6 Å². The van der Waals surface area contributed by atoms with Gasteiger partial charge in [-0.1, -0.05) is 20.8 Å². The predicted molar refractivity (Wildman–Crippen MR) is 79.6 cm³/mol. The third-order valence-corrected chi connectivity index (χ3v) is 3.86. The van der Waals surface area contributed by atoms with Crippen LogP contribution in [0.1, 0.15) is 32.9 Å². The first-order valence-corrected chi connectivity index (χ1v) is 7.16. The lowest BCUT2D eigenvalue weighted by atomic mass is 9.92. The molecular weight excluding hydrogens is 268 g/mol. The lowest BCUT2D eigenvalue weighted by molar-refractivity contribution is -0.138. The number of fused-ring (bicyclic) bond motifs is 1.